The van der Waals surface area contributed by atoms with E-state index in [9.17, 15) is 9.59 Å². The number of aliphatic carboxylic acids is 1. The van der Waals surface area contributed by atoms with Gasteiger partial charge >= 0.3 is 57.4 Å². The summed E-state index contributed by atoms with van der Waals surface area (Å²) in [6.45, 7) is 0. The van der Waals surface area contributed by atoms with Crippen molar-refractivity contribution in [2.45, 2.75) is 0 Å². The molecule has 0 bridgehead atoms. The van der Waals surface area contributed by atoms with Gasteiger partial charge in [0.15, 0.2) is 0 Å². The number of carboxylic acid groups (broad SMARTS) is 1. The second-order valence-corrected chi connectivity index (χ2v) is 2.99. The Hall–Kier alpha value is 0.0264. The van der Waals surface area contributed by atoms with Gasteiger partial charge in [-0.15, -0.1) is 0 Å². The van der Waals surface area contributed by atoms with E-state index < -0.39 is 11.8 Å². The summed E-state index contributed by atoms with van der Waals surface area (Å²) in [7, 11) is 0. The second-order valence-electron chi connectivity index (χ2n) is 2.55. The molecule has 72 valence electrons. The summed E-state index contributed by atoms with van der Waals surface area (Å²) >= 11 is 5.64. The molecule has 0 aliphatic rings. The maximum atomic E-state index is 10.7. The van der Waals surface area contributed by atoms with Gasteiger partial charge in [-0.2, -0.15) is 0 Å². The van der Waals surface area contributed by atoms with Crippen molar-refractivity contribution < 1.29 is 66.1 Å². The van der Waals surface area contributed by atoms with Gasteiger partial charge in [-0.1, -0.05) is 29.8 Å². The largest absolute Gasteiger partial charge is 1.00 e. The van der Waals surface area contributed by atoms with Crippen molar-refractivity contribution in [1.82, 2.24) is 0 Å². The molecule has 0 saturated heterocycles. The minimum absolute atomic E-state index is 0. The molecular formula is C10H7ClKO3+. The third kappa shape index (κ3) is 5.60. The molecule has 15 heavy (non-hydrogen) atoms. The molecule has 1 N–H and O–H groups in total. The Kier molecular flexibility index (Phi) is 7.34. The first-order chi connectivity index (χ1) is 6.59. The number of hydrogen-bond acceptors (Lipinski definition) is 2. The molecule has 0 atom stereocenters. The summed E-state index contributed by atoms with van der Waals surface area (Å²) in [5, 5.41) is 8.87. The van der Waals surface area contributed by atoms with E-state index >= 15 is 0 Å². The first-order valence-electron chi connectivity index (χ1n) is 3.80. The van der Waals surface area contributed by atoms with Gasteiger partial charge in [0.1, 0.15) is 0 Å². The number of carboxylic acids is 1. The molecule has 0 radical (unpaired) electrons. The van der Waals surface area contributed by atoms with E-state index in [0.717, 1.165) is 11.6 Å². The average molecular weight is 250 g/mol. The Morgan fingerprint density at radius 1 is 1.20 bits per heavy atom. The third-order valence-electron chi connectivity index (χ3n) is 1.51. The van der Waals surface area contributed by atoms with Crippen LogP contribution in [0.1, 0.15) is 5.56 Å². The summed E-state index contributed by atoms with van der Waals surface area (Å²) < 4.78 is 0. The van der Waals surface area contributed by atoms with Gasteiger partial charge in [0, 0.05) is 5.02 Å². The summed E-state index contributed by atoms with van der Waals surface area (Å²) in [5.74, 6) is -2.41. The number of rotatable bonds is 3. The van der Waals surface area contributed by atoms with E-state index in [1.807, 2.05) is 0 Å². The van der Waals surface area contributed by atoms with E-state index in [0.29, 0.717) is 5.02 Å². The Labute approximate surface area is 135 Å². The number of halogens is 1. The van der Waals surface area contributed by atoms with Crippen molar-refractivity contribution in [2.75, 3.05) is 0 Å². The van der Waals surface area contributed by atoms with E-state index in [4.69, 9.17) is 16.7 Å². The quantitative estimate of drug-likeness (QED) is 0.425. The van der Waals surface area contributed by atoms with Gasteiger partial charge in [0.25, 0.3) is 5.78 Å². The molecule has 0 spiro atoms. The molecule has 0 aliphatic carbocycles. The van der Waals surface area contributed by atoms with Gasteiger partial charge in [0.05, 0.1) is 0 Å². The van der Waals surface area contributed by atoms with Gasteiger partial charge < -0.3 is 5.11 Å². The topological polar surface area (TPSA) is 54.4 Å². The van der Waals surface area contributed by atoms with Gasteiger partial charge in [-0.05, 0) is 23.8 Å². The number of ketones is 1. The minimum Gasteiger partial charge on any atom is -0.475 e. The normalized spacial score (nSPS) is 9.67. The molecule has 0 fully saturated rings. The molecule has 0 aliphatic heterocycles. The smallest absolute Gasteiger partial charge is 0.475 e. The fourth-order valence-electron chi connectivity index (χ4n) is 0.817. The zero-order valence-electron chi connectivity index (χ0n) is 8.11. The summed E-state index contributed by atoms with van der Waals surface area (Å²) in [4.78, 5) is 20.8. The summed E-state index contributed by atoms with van der Waals surface area (Å²) in [5.41, 5.74) is 0.726. The summed E-state index contributed by atoms with van der Waals surface area (Å²) in [6.07, 6.45) is 2.43. The standard InChI is InChI=1S/C10H7ClO3.K/c11-8-4-1-7(2-5-8)3-6-9(12)10(13)14;/h1-6H,(H,13,14);/q;+1/b6-3+;. The number of hydrogen-bond donors (Lipinski definition) is 1. The predicted octanol–water partition coefficient (Wildman–Crippen LogP) is -0.989. The van der Waals surface area contributed by atoms with Crippen molar-refractivity contribution in [3.63, 3.8) is 0 Å². The number of benzene rings is 1. The van der Waals surface area contributed by atoms with Crippen LogP contribution in [0.25, 0.3) is 6.08 Å². The van der Waals surface area contributed by atoms with Gasteiger partial charge in [0.2, 0.25) is 0 Å². The van der Waals surface area contributed by atoms with Crippen LogP contribution in [0.2, 0.25) is 5.02 Å². The van der Waals surface area contributed by atoms with Crippen LogP contribution in [0.4, 0.5) is 0 Å². The van der Waals surface area contributed by atoms with Crippen LogP contribution in [0, 0.1) is 0 Å². The zero-order chi connectivity index (χ0) is 10.6. The predicted molar refractivity (Wildman–Crippen MR) is 53.1 cm³/mol. The molecule has 1 rings (SSSR count). The fraction of sp³-hybridized carbons (Fsp3) is 0. The SMILES string of the molecule is O=C(O)C(=O)/C=C/c1ccc(Cl)cc1.[K+]. The van der Waals surface area contributed by atoms with Crippen LogP contribution in [-0.4, -0.2) is 16.9 Å². The van der Waals surface area contributed by atoms with Crippen LogP contribution in [0.15, 0.2) is 30.3 Å². The molecule has 1 aromatic carbocycles. The van der Waals surface area contributed by atoms with Crippen LogP contribution in [0.5, 0.6) is 0 Å². The first kappa shape index (κ1) is 15.0. The van der Waals surface area contributed by atoms with Crippen molar-refractivity contribution in [2.24, 2.45) is 0 Å². The minimum atomic E-state index is -1.46. The number of carbonyl (C=O) groups is 2. The van der Waals surface area contributed by atoms with E-state index in [-0.39, 0.29) is 51.4 Å². The third-order valence-corrected chi connectivity index (χ3v) is 1.76. The Balaban J connectivity index is 0.00000196. The Morgan fingerprint density at radius 2 is 1.73 bits per heavy atom. The second kappa shape index (κ2) is 7.32. The monoisotopic (exact) mass is 249 g/mol. The van der Waals surface area contributed by atoms with Crippen molar-refractivity contribution in [3.8, 4) is 0 Å². The van der Waals surface area contributed by atoms with E-state index in [1.165, 1.54) is 6.08 Å². The molecule has 5 heteroatoms. The maximum Gasteiger partial charge on any atom is 1.00 e. The Bertz CT molecular complexity index is 384. The molecule has 3 nitrogen and oxygen atoms in total. The van der Waals surface area contributed by atoms with Crippen molar-refractivity contribution in [1.29, 1.82) is 0 Å². The molecule has 1 aromatic rings. The van der Waals surface area contributed by atoms with Crippen molar-refractivity contribution in [3.05, 3.63) is 40.9 Å². The molecule has 0 aromatic heterocycles. The number of carbonyl (C=O) groups excluding carboxylic acids is 1. The maximum absolute atomic E-state index is 10.7. The average Bonchev–Trinajstić information content (AvgIpc) is 2.16. The van der Waals surface area contributed by atoms with Crippen LogP contribution < -0.4 is 51.4 Å². The molecule has 0 heterocycles. The van der Waals surface area contributed by atoms with Gasteiger partial charge in [-0.3, -0.25) is 4.79 Å². The molecule has 0 unspecified atom stereocenters. The fourth-order valence-corrected chi connectivity index (χ4v) is 0.943. The van der Waals surface area contributed by atoms with E-state index in [2.05, 4.69) is 0 Å². The molecule has 0 amide bonds. The van der Waals surface area contributed by atoms with Gasteiger partial charge in [-0.25, -0.2) is 4.79 Å². The zero-order valence-corrected chi connectivity index (χ0v) is 12.0. The Morgan fingerprint density at radius 3 is 2.20 bits per heavy atom. The van der Waals surface area contributed by atoms with Crippen molar-refractivity contribution >= 4 is 29.4 Å². The molecular weight excluding hydrogens is 243 g/mol. The first-order valence-corrected chi connectivity index (χ1v) is 4.18. The van der Waals surface area contributed by atoms with Crippen LogP contribution in [-0.2, 0) is 9.59 Å². The summed E-state index contributed by atoms with van der Waals surface area (Å²) in [6, 6.07) is 6.70. The van der Waals surface area contributed by atoms with E-state index in [1.54, 1.807) is 24.3 Å². The molecule has 0 saturated carbocycles. The van der Waals surface area contributed by atoms with Crippen LogP contribution >= 0.6 is 11.6 Å². The van der Waals surface area contributed by atoms with Crippen LogP contribution in [0.3, 0.4) is 0 Å².